The van der Waals surface area contributed by atoms with Crippen molar-refractivity contribution in [3.05, 3.63) is 81.9 Å². The Bertz CT molecular complexity index is 1230. The number of amides is 1. The zero-order valence-electron chi connectivity index (χ0n) is 16.9. The van der Waals surface area contributed by atoms with Crippen molar-refractivity contribution in [1.82, 2.24) is 0 Å². The molecule has 0 spiro atoms. The molecule has 2 N–H and O–H groups in total. The first-order valence-corrected chi connectivity index (χ1v) is 9.20. The van der Waals surface area contributed by atoms with Gasteiger partial charge in [-0.3, -0.25) is 14.9 Å². The van der Waals surface area contributed by atoms with E-state index in [1.54, 1.807) is 0 Å². The fraction of sp³-hybridized carbons (Fsp3) is 0.0909. The standard InChI is InChI=1S/C22H17F2N3O5/c1-12(28)25-16-7-14(18-5-4-15(23)10-19(18)24)8-17(11-16)26-20-6-3-13(22(29)32-2)9-21(20)27(30)31/h3-11,26H,1-2H3,(H,25,28). The monoisotopic (exact) mass is 441 g/mol. The molecule has 0 unspecified atom stereocenters. The van der Waals surface area contributed by atoms with Gasteiger partial charge in [-0.05, 0) is 48.0 Å². The van der Waals surface area contributed by atoms with Crippen LogP contribution in [0.4, 0.5) is 31.5 Å². The smallest absolute Gasteiger partial charge is 0.338 e. The van der Waals surface area contributed by atoms with E-state index in [1.807, 2.05) is 0 Å². The van der Waals surface area contributed by atoms with Gasteiger partial charge in [-0.25, -0.2) is 13.6 Å². The third kappa shape index (κ3) is 5.04. The summed E-state index contributed by atoms with van der Waals surface area (Å²) in [4.78, 5) is 34.1. The first kappa shape index (κ1) is 22.3. The quantitative estimate of drug-likeness (QED) is 0.315. The zero-order chi connectivity index (χ0) is 23.4. The highest BCUT2D eigenvalue weighted by Crippen LogP contribution is 2.34. The van der Waals surface area contributed by atoms with E-state index < -0.39 is 28.2 Å². The minimum atomic E-state index is -0.815. The number of methoxy groups -OCH3 is 1. The summed E-state index contributed by atoms with van der Waals surface area (Å²) in [5.41, 5.74) is 0.576. The van der Waals surface area contributed by atoms with E-state index in [1.165, 1.54) is 43.3 Å². The van der Waals surface area contributed by atoms with Gasteiger partial charge in [0.2, 0.25) is 5.91 Å². The van der Waals surface area contributed by atoms with Gasteiger partial charge in [0.1, 0.15) is 17.3 Å². The molecule has 0 bridgehead atoms. The predicted molar refractivity (Wildman–Crippen MR) is 114 cm³/mol. The van der Waals surface area contributed by atoms with Crippen LogP contribution in [0.15, 0.2) is 54.6 Å². The van der Waals surface area contributed by atoms with Gasteiger partial charge in [0.05, 0.1) is 17.6 Å². The van der Waals surface area contributed by atoms with Crippen LogP contribution in [-0.2, 0) is 9.53 Å². The number of nitro benzene ring substituents is 1. The van der Waals surface area contributed by atoms with Crippen LogP contribution in [0.1, 0.15) is 17.3 Å². The van der Waals surface area contributed by atoms with E-state index in [4.69, 9.17) is 0 Å². The Morgan fingerprint density at radius 2 is 1.72 bits per heavy atom. The molecule has 32 heavy (non-hydrogen) atoms. The van der Waals surface area contributed by atoms with Gasteiger partial charge < -0.3 is 15.4 Å². The number of esters is 1. The summed E-state index contributed by atoms with van der Waals surface area (Å²) >= 11 is 0. The van der Waals surface area contributed by atoms with Crippen molar-refractivity contribution in [2.75, 3.05) is 17.7 Å². The lowest BCUT2D eigenvalue weighted by Gasteiger charge is -2.13. The predicted octanol–water partition coefficient (Wildman–Crippen LogP) is 5.03. The molecule has 8 nitrogen and oxygen atoms in total. The number of rotatable bonds is 6. The SMILES string of the molecule is COC(=O)c1ccc(Nc2cc(NC(C)=O)cc(-c3ccc(F)cc3F)c2)c([N+](=O)[O-])c1. The van der Waals surface area contributed by atoms with E-state index in [-0.39, 0.29) is 34.1 Å². The molecule has 0 aliphatic rings. The summed E-state index contributed by atoms with van der Waals surface area (Å²) in [5, 5.41) is 16.9. The van der Waals surface area contributed by atoms with Gasteiger partial charge in [0.25, 0.3) is 5.69 Å². The Kier molecular flexibility index (Phi) is 6.43. The Morgan fingerprint density at radius 3 is 2.34 bits per heavy atom. The third-order valence-electron chi connectivity index (χ3n) is 4.39. The average molecular weight is 441 g/mol. The molecule has 0 fully saturated rings. The molecule has 0 aromatic heterocycles. The molecular weight excluding hydrogens is 424 g/mol. The Balaban J connectivity index is 2.08. The Hall–Kier alpha value is -4.34. The third-order valence-corrected chi connectivity index (χ3v) is 4.39. The molecule has 0 aliphatic carbocycles. The second kappa shape index (κ2) is 9.21. The van der Waals surface area contributed by atoms with E-state index in [0.717, 1.165) is 25.3 Å². The van der Waals surface area contributed by atoms with Gasteiger partial charge in [-0.1, -0.05) is 0 Å². The van der Waals surface area contributed by atoms with Gasteiger partial charge in [-0.15, -0.1) is 0 Å². The highest BCUT2D eigenvalue weighted by molar-refractivity contribution is 5.93. The lowest BCUT2D eigenvalue weighted by atomic mass is 10.0. The molecule has 0 radical (unpaired) electrons. The molecule has 0 atom stereocenters. The largest absolute Gasteiger partial charge is 0.465 e. The van der Waals surface area contributed by atoms with Gasteiger partial charge in [0.15, 0.2) is 0 Å². The topological polar surface area (TPSA) is 111 Å². The molecule has 1 amide bonds. The number of halogens is 2. The van der Waals surface area contributed by atoms with Crippen LogP contribution < -0.4 is 10.6 Å². The van der Waals surface area contributed by atoms with Crippen molar-refractivity contribution in [1.29, 1.82) is 0 Å². The van der Waals surface area contributed by atoms with Gasteiger partial charge >= 0.3 is 5.97 Å². The zero-order valence-corrected chi connectivity index (χ0v) is 16.9. The molecule has 0 aliphatic heterocycles. The van der Waals surface area contributed by atoms with Crippen LogP contribution >= 0.6 is 0 Å². The molecule has 0 heterocycles. The van der Waals surface area contributed by atoms with E-state index in [0.29, 0.717) is 5.56 Å². The van der Waals surface area contributed by atoms with E-state index in [9.17, 15) is 28.5 Å². The molecule has 0 saturated carbocycles. The van der Waals surface area contributed by atoms with Crippen molar-refractivity contribution < 1.29 is 28.0 Å². The van der Waals surface area contributed by atoms with Crippen molar-refractivity contribution in [3.8, 4) is 11.1 Å². The summed E-state index contributed by atoms with van der Waals surface area (Å²) in [6.07, 6.45) is 0. The number of hydrogen-bond acceptors (Lipinski definition) is 6. The Morgan fingerprint density at radius 1 is 1.00 bits per heavy atom. The van der Waals surface area contributed by atoms with Crippen LogP contribution in [0.3, 0.4) is 0 Å². The number of hydrogen-bond donors (Lipinski definition) is 2. The van der Waals surface area contributed by atoms with Crippen molar-refractivity contribution in [2.45, 2.75) is 6.92 Å². The van der Waals surface area contributed by atoms with Crippen molar-refractivity contribution >= 4 is 34.6 Å². The summed E-state index contributed by atoms with van der Waals surface area (Å²) < 4.78 is 32.2. The lowest BCUT2D eigenvalue weighted by molar-refractivity contribution is -0.383. The summed E-state index contributed by atoms with van der Waals surface area (Å²) in [5.74, 6) is -2.68. The normalized spacial score (nSPS) is 10.4. The number of carbonyl (C=O) groups is 2. The maximum absolute atomic E-state index is 14.3. The molecule has 3 aromatic rings. The number of ether oxygens (including phenoxy) is 1. The van der Waals surface area contributed by atoms with Crippen LogP contribution in [0.25, 0.3) is 11.1 Å². The maximum atomic E-state index is 14.3. The Labute approximate surface area is 181 Å². The van der Waals surface area contributed by atoms with Crippen LogP contribution in [-0.4, -0.2) is 23.9 Å². The molecule has 0 saturated heterocycles. The molecule has 3 rings (SSSR count). The minimum Gasteiger partial charge on any atom is -0.465 e. The number of carbonyl (C=O) groups excluding carboxylic acids is 2. The maximum Gasteiger partial charge on any atom is 0.338 e. The van der Waals surface area contributed by atoms with Gasteiger partial charge in [-0.2, -0.15) is 0 Å². The number of anilines is 3. The first-order valence-electron chi connectivity index (χ1n) is 9.20. The second-order valence-electron chi connectivity index (χ2n) is 6.71. The molecule has 164 valence electrons. The second-order valence-corrected chi connectivity index (χ2v) is 6.71. The number of nitrogens with one attached hydrogen (secondary N) is 2. The fourth-order valence-electron chi connectivity index (χ4n) is 3.04. The van der Waals surface area contributed by atoms with Crippen LogP contribution in [0.5, 0.6) is 0 Å². The number of nitrogens with zero attached hydrogens (tertiary/aromatic N) is 1. The summed E-state index contributed by atoms with van der Waals surface area (Å²) in [6, 6.07) is 11.3. The molecular formula is C22H17F2N3O5. The highest BCUT2D eigenvalue weighted by Gasteiger charge is 2.19. The van der Waals surface area contributed by atoms with E-state index in [2.05, 4.69) is 15.4 Å². The molecule has 3 aromatic carbocycles. The lowest BCUT2D eigenvalue weighted by Crippen LogP contribution is -2.07. The van der Waals surface area contributed by atoms with Gasteiger partial charge in [0, 0.05) is 36.0 Å². The number of nitro groups is 1. The van der Waals surface area contributed by atoms with Crippen LogP contribution in [0.2, 0.25) is 0 Å². The summed E-state index contributed by atoms with van der Waals surface area (Å²) in [6.45, 7) is 1.29. The average Bonchev–Trinajstić information content (AvgIpc) is 2.72. The highest BCUT2D eigenvalue weighted by atomic mass is 19.1. The van der Waals surface area contributed by atoms with Crippen molar-refractivity contribution in [2.24, 2.45) is 0 Å². The number of benzene rings is 3. The first-order chi connectivity index (χ1) is 15.2. The van der Waals surface area contributed by atoms with E-state index >= 15 is 0 Å². The fourth-order valence-corrected chi connectivity index (χ4v) is 3.04. The van der Waals surface area contributed by atoms with Crippen molar-refractivity contribution in [3.63, 3.8) is 0 Å². The minimum absolute atomic E-state index is 0.00850. The summed E-state index contributed by atoms with van der Waals surface area (Å²) in [7, 11) is 1.16. The molecule has 10 heteroatoms. The van der Waals surface area contributed by atoms with Crippen LogP contribution in [0, 0.1) is 21.7 Å².